The topological polar surface area (TPSA) is 58.8 Å². The lowest BCUT2D eigenvalue weighted by molar-refractivity contribution is -0.132. The number of ether oxygens (including phenoxy) is 1. The van der Waals surface area contributed by atoms with Crippen molar-refractivity contribution in [1.82, 2.24) is 9.80 Å². The Bertz CT molecular complexity index is 316. The summed E-state index contributed by atoms with van der Waals surface area (Å²) >= 11 is 0. The second kappa shape index (κ2) is 13.2. The fourth-order valence-electron chi connectivity index (χ4n) is 2.80. The van der Waals surface area contributed by atoms with E-state index in [2.05, 4.69) is 32.6 Å². The van der Waals surface area contributed by atoms with Crippen molar-refractivity contribution in [3.63, 3.8) is 0 Å². The monoisotopic (exact) mass is 371 g/mol. The molecule has 0 aromatic carbocycles. The molecular weight excluding hydrogens is 337 g/mol. The van der Waals surface area contributed by atoms with Crippen molar-refractivity contribution in [3.8, 4) is 0 Å². The van der Waals surface area contributed by atoms with Crippen LogP contribution in [0.15, 0.2) is 0 Å². The van der Waals surface area contributed by atoms with Crippen LogP contribution in [-0.4, -0.2) is 67.2 Å². The number of rotatable bonds is 9. The maximum Gasteiger partial charge on any atom is 0.239 e. The van der Waals surface area contributed by atoms with Crippen molar-refractivity contribution in [2.75, 3.05) is 39.3 Å². The Labute approximate surface area is 154 Å². The molecule has 23 heavy (non-hydrogen) atoms. The second-order valence-corrected chi connectivity index (χ2v) is 6.33. The highest BCUT2D eigenvalue weighted by Crippen LogP contribution is 2.15. The van der Waals surface area contributed by atoms with Crippen LogP contribution in [0.3, 0.4) is 0 Å². The maximum absolute atomic E-state index is 12.2. The van der Waals surface area contributed by atoms with E-state index in [9.17, 15) is 4.79 Å². The third-order valence-electron chi connectivity index (χ3n) is 4.15. The van der Waals surface area contributed by atoms with Gasteiger partial charge < -0.3 is 20.3 Å². The van der Waals surface area contributed by atoms with Gasteiger partial charge in [-0.3, -0.25) is 4.79 Å². The van der Waals surface area contributed by atoms with E-state index >= 15 is 0 Å². The zero-order valence-electron chi connectivity index (χ0n) is 15.0. The van der Waals surface area contributed by atoms with E-state index in [0.717, 1.165) is 45.6 Å². The lowest BCUT2D eigenvalue weighted by atomic mass is 10.0. The maximum atomic E-state index is 12.2. The number of likely N-dealkylation sites (tertiary alicyclic amines) is 1. The molecule has 1 aliphatic heterocycles. The normalized spacial score (nSPS) is 18.7. The minimum absolute atomic E-state index is 0. The first-order valence-electron chi connectivity index (χ1n) is 8.36. The summed E-state index contributed by atoms with van der Waals surface area (Å²) in [5.41, 5.74) is 5.98. The molecule has 0 radical (unpaired) electrons. The van der Waals surface area contributed by atoms with E-state index in [-0.39, 0.29) is 42.9 Å². The zero-order chi connectivity index (χ0) is 15.8. The van der Waals surface area contributed by atoms with Gasteiger partial charge in [-0.15, -0.1) is 24.8 Å². The van der Waals surface area contributed by atoms with Gasteiger partial charge in [0, 0.05) is 19.6 Å². The predicted molar refractivity (Wildman–Crippen MR) is 101 cm³/mol. The van der Waals surface area contributed by atoms with Crippen molar-refractivity contribution >= 4 is 30.7 Å². The van der Waals surface area contributed by atoms with Gasteiger partial charge in [-0.25, -0.2) is 0 Å². The highest BCUT2D eigenvalue weighted by Gasteiger charge is 2.29. The Morgan fingerprint density at radius 1 is 1.30 bits per heavy atom. The minimum atomic E-state index is -0.362. The molecule has 7 heteroatoms. The standard InChI is InChI=1S/C16H33N3O2.2ClH/c1-5-18(6-2)9-10-21-14-7-8-19(12-14)16(20)15(17)11-13(3)4;;/h13-15H,5-12,17H2,1-4H3;2*1H/t14?,15-;;/m0../s1. The van der Waals surface area contributed by atoms with Gasteiger partial charge in [0.25, 0.3) is 0 Å². The molecule has 1 saturated heterocycles. The lowest BCUT2D eigenvalue weighted by Gasteiger charge is -2.22. The first-order chi connectivity index (χ1) is 9.97. The molecule has 140 valence electrons. The number of hydrogen-bond acceptors (Lipinski definition) is 4. The number of carbonyl (C=O) groups excluding carboxylic acids is 1. The largest absolute Gasteiger partial charge is 0.375 e. The number of nitrogens with two attached hydrogens (primary N) is 1. The first kappa shape index (κ1) is 25.2. The van der Waals surface area contributed by atoms with Crippen molar-refractivity contribution in [3.05, 3.63) is 0 Å². The molecule has 5 nitrogen and oxygen atoms in total. The number of halogens is 2. The number of nitrogens with zero attached hydrogens (tertiary/aromatic N) is 2. The highest BCUT2D eigenvalue weighted by molar-refractivity contribution is 5.85. The van der Waals surface area contributed by atoms with Crippen molar-refractivity contribution < 1.29 is 9.53 Å². The predicted octanol–water partition coefficient (Wildman–Crippen LogP) is 2.16. The van der Waals surface area contributed by atoms with Gasteiger partial charge >= 0.3 is 0 Å². The van der Waals surface area contributed by atoms with E-state index < -0.39 is 0 Å². The van der Waals surface area contributed by atoms with Crippen LogP contribution in [0.1, 0.15) is 40.5 Å². The molecule has 0 saturated carbocycles. The zero-order valence-corrected chi connectivity index (χ0v) is 16.6. The van der Waals surface area contributed by atoms with Gasteiger partial charge in [-0.1, -0.05) is 27.7 Å². The number of hydrogen-bond donors (Lipinski definition) is 1. The van der Waals surface area contributed by atoms with Crippen LogP contribution in [0, 0.1) is 5.92 Å². The smallest absolute Gasteiger partial charge is 0.239 e. The van der Waals surface area contributed by atoms with Gasteiger partial charge in [-0.2, -0.15) is 0 Å². The van der Waals surface area contributed by atoms with Crippen molar-refractivity contribution in [2.45, 2.75) is 52.7 Å². The van der Waals surface area contributed by atoms with Crippen molar-refractivity contribution in [2.24, 2.45) is 11.7 Å². The molecule has 1 amide bonds. The van der Waals surface area contributed by atoms with E-state index in [4.69, 9.17) is 10.5 Å². The Morgan fingerprint density at radius 3 is 2.43 bits per heavy atom. The Hall–Kier alpha value is -0.0700. The van der Waals surface area contributed by atoms with E-state index in [1.54, 1.807) is 0 Å². The summed E-state index contributed by atoms with van der Waals surface area (Å²) in [5, 5.41) is 0. The summed E-state index contributed by atoms with van der Waals surface area (Å²) in [6, 6.07) is -0.362. The molecule has 1 heterocycles. The van der Waals surface area contributed by atoms with Gasteiger partial charge in [0.1, 0.15) is 0 Å². The number of amides is 1. The van der Waals surface area contributed by atoms with Gasteiger partial charge in [-0.05, 0) is 31.8 Å². The lowest BCUT2D eigenvalue weighted by Crippen LogP contribution is -2.43. The molecule has 0 spiro atoms. The summed E-state index contributed by atoms with van der Waals surface area (Å²) in [4.78, 5) is 16.5. The molecular formula is C16H35Cl2N3O2. The van der Waals surface area contributed by atoms with Crippen LogP contribution in [0.25, 0.3) is 0 Å². The molecule has 0 aromatic heterocycles. The van der Waals surface area contributed by atoms with Gasteiger partial charge in [0.2, 0.25) is 5.91 Å². The van der Waals surface area contributed by atoms with E-state index in [0.29, 0.717) is 12.5 Å². The second-order valence-electron chi connectivity index (χ2n) is 6.33. The summed E-state index contributed by atoms with van der Waals surface area (Å²) in [7, 11) is 0. The third-order valence-corrected chi connectivity index (χ3v) is 4.15. The molecule has 2 N–H and O–H groups in total. The average Bonchev–Trinajstić information content (AvgIpc) is 2.90. The Kier molecular flexibility index (Phi) is 14.5. The summed E-state index contributed by atoms with van der Waals surface area (Å²) < 4.78 is 5.90. The van der Waals surface area contributed by atoms with E-state index in [1.165, 1.54) is 0 Å². The van der Waals surface area contributed by atoms with Crippen LogP contribution >= 0.6 is 24.8 Å². The van der Waals surface area contributed by atoms with Crippen LogP contribution < -0.4 is 5.73 Å². The molecule has 2 atom stereocenters. The first-order valence-corrected chi connectivity index (χ1v) is 8.36. The Balaban J connectivity index is 0. The Morgan fingerprint density at radius 2 is 1.91 bits per heavy atom. The van der Waals surface area contributed by atoms with Crippen LogP contribution in [0.2, 0.25) is 0 Å². The molecule has 1 rings (SSSR count). The summed E-state index contributed by atoms with van der Waals surface area (Å²) in [5.74, 6) is 0.534. The molecule has 1 fully saturated rings. The quantitative estimate of drug-likeness (QED) is 0.674. The summed E-state index contributed by atoms with van der Waals surface area (Å²) in [6.45, 7) is 13.8. The molecule has 0 bridgehead atoms. The number of carbonyl (C=O) groups is 1. The third kappa shape index (κ3) is 9.11. The molecule has 0 aromatic rings. The van der Waals surface area contributed by atoms with Gasteiger partial charge in [0.15, 0.2) is 0 Å². The van der Waals surface area contributed by atoms with Gasteiger partial charge in [0.05, 0.1) is 18.8 Å². The molecule has 0 aliphatic carbocycles. The molecule has 1 unspecified atom stereocenters. The minimum Gasteiger partial charge on any atom is -0.375 e. The van der Waals surface area contributed by atoms with Crippen molar-refractivity contribution in [1.29, 1.82) is 0 Å². The molecule has 1 aliphatic rings. The van der Waals surface area contributed by atoms with Crippen LogP contribution in [0.4, 0.5) is 0 Å². The fraction of sp³-hybridized carbons (Fsp3) is 0.938. The van der Waals surface area contributed by atoms with E-state index in [1.807, 2.05) is 4.90 Å². The number of likely N-dealkylation sites (N-methyl/N-ethyl adjacent to an activating group) is 1. The van der Waals surface area contributed by atoms with Crippen LogP contribution in [-0.2, 0) is 9.53 Å². The summed E-state index contributed by atoms with van der Waals surface area (Å²) in [6.07, 6.45) is 1.86. The fourth-order valence-corrected chi connectivity index (χ4v) is 2.80. The highest BCUT2D eigenvalue weighted by atomic mass is 35.5. The SMILES string of the molecule is CCN(CC)CCOC1CCN(C(=O)[C@@H](N)CC(C)C)C1.Cl.Cl. The average molecular weight is 372 g/mol. The van der Waals surface area contributed by atoms with Crippen LogP contribution in [0.5, 0.6) is 0 Å².